The molecule has 0 aliphatic carbocycles. The van der Waals surface area contributed by atoms with Crippen molar-refractivity contribution >= 4 is 9.84 Å². The number of sulfone groups is 1. The lowest BCUT2D eigenvalue weighted by atomic mass is 9.82. The minimum absolute atomic E-state index is 0.0231. The Morgan fingerprint density at radius 3 is 1.88 bits per heavy atom. The fourth-order valence-corrected chi connectivity index (χ4v) is 3.01. The second kappa shape index (κ2) is 5.70. The lowest BCUT2D eigenvalue weighted by Gasteiger charge is -2.33. The quantitative estimate of drug-likeness (QED) is 0.801. The van der Waals surface area contributed by atoms with Crippen LogP contribution in [0.1, 0.15) is 54.9 Å². The molecule has 0 rings (SSSR count). The summed E-state index contributed by atoms with van der Waals surface area (Å²) in [6.45, 7) is 14.8. The number of hydrogen-bond acceptors (Lipinski definition) is 3. The molecule has 3 nitrogen and oxygen atoms in total. The third kappa shape index (κ3) is 7.77. The van der Waals surface area contributed by atoms with Crippen molar-refractivity contribution in [1.29, 1.82) is 0 Å². The molecule has 0 radical (unpaired) electrons. The summed E-state index contributed by atoms with van der Waals surface area (Å²) in [7, 11) is -2.93. The van der Waals surface area contributed by atoms with E-state index in [1.54, 1.807) is 13.8 Å². The Bertz CT molecular complexity index is 324. The SMILES string of the molecule is CC(C)S(=O)(=O)CCNC(C)(C)CC(C)(C)C. The van der Waals surface area contributed by atoms with Crippen LogP contribution in [0.2, 0.25) is 0 Å². The van der Waals surface area contributed by atoms with E-state index in [1.807, 2.05) is 0 Å². The van der Waals surface area contributed by atoms with Crippen LogP contribution in [0.4, 0.5) is 0 Å². The summed E-state index contributed by atoms with van der Waals surface area (Å²) in [5.74, 6) is 0.220. The van der Waals surface area contributed by atoms with Crippen molar-refractivity contribution in [2.24, 2.45) is 5.41 Å². The number of hydrogen-bond donors (Lipinski definition) is 1. The molecule has 1 N–H and O–H groups in total. The minimum atomic E-state index is -2.93. The van der Waals surface area contributed by atoms with Crippen molar-refractivity contribution in [3.63, 3.8) is 0 Å². The standard InChI is InChI=1S/C13H29NO2S/c1-11(2)17(15,16)9-8-14-13(6,7)10-12(3,4)5/h11,14H,8-10H2,1-7H3. The molecule has 0 aliphatic rings. The van der Waals surface area contributed by atoms with Gasteiger partial charge in [0.15, 0.2) is 9.84 Å². The average Bonchev–Trinajstić information content (AvgIpc) is 1.97. The van der Waals surface area contributed by atoms with Crippen LogP contribution >= 0.6 is 0 Å². The smallest absolute Gasteiger partial charge is 0.153 e. The zero-order chi connectivity index (χ0) is 13.9. The molecular weight excluding hydrogens is 234 g/mol. The predicted molar refractivity (Wildman–Crippen MR) is 75.1 cm³/mol. The van der Waals surface area contributed by atoms with E-state index >= 15 is 0 Å². The normalized spacial score (nSPS) is 14.4. The maximum absolute atomic E-state index is 11.7. The van der Waals surface area contributed by atoms with Crippen LogP contribution in [0, 0.1) is 5.41 Å². The van der Waals surface area contributed by atoms with Crippen molar-refractivity contribution in [3.8, 4) is 0 Å². The zero-order valence-electron chi connectivity index (χ0n) is 12.4. The van der Waals surface area contributed by atoms with Crippen LogP contribution in [-0.2, 0) is 9.84 Å². The summed E-state index contributed by atoms with van der Waals surface area (Å²) in [4.78, 5) is 0. The largest absolute Gasteiger partial charge is 0.311 e. The molecule has 4 heteroatoms. The van der Waals surface area contributed by atoms with Crippen molar-refractivity contribution in [1.82, 2.24) is 5.32 Å². The van der Waals surface area contributed by atoms with Crippen LogP contribution in [0.5, 0.6) is 0 Å². The summed E-state index contributed by atoms with van der Waals surface area (Å²) >= 11 is 0. The highest BCUT2D eigenvalue weighted by molar-refractivity contribution is 7.92. The molecule has 0 aromatic rings. The van der Waals surface area contributed by atoms with Gasteiger partial charge in [0.25, 0.3) is 0 Å². The highest BCUT2D eigenvalue weighted by Gasteiger charge is 2.25. The minimum Gasteiger partial charge on any atom is -0.311 e. The first-order valence-electron chi connectivity index (χ1n) is 6.32. The number of rotatable bonds is 6. The summed E-state index contributed by atoms with van der Waals surface area (Å²) < 4.78 is 23.3. The van der Waals surface area contributed by atoms with E-state index in [2.05, 4.69) is 39.9 Å². The molecular formula is C13H29NO2S. The van der Waals surface area contributed by atoms with E-state index in [9.17, 15) is 8.42 Å². The zero-order valence-corrected chi connectivity index (χ0v) is 13.2. The van der Waals surface area contributed by atoms with Crippen LogP contribution in [0.25, 0.3) is 0 Å². The van der Waals surface area contributed by atoms with Crippen LogP contribution < -0.4 is 5.32 Å². The second-order valence-electron chi connectivity index (χ2n) is 6.96. The van der Waals surface area contributed by atoms with Crippen molar-refractivity contribution in [2.75, 3.05) is 12.3 Å². The highest BCUT2D eigenvalue weighted by Crippen LogP contribution is 2.26. The van der Waals surface area contributed by atoms with Gasteiger partial charge in [-0.15, -0.1) is 0 Å². The molecule has 0 spiro atoms. The number of nitrogens with one attached hydrogen (secondary N) is 1. The van der Waals surface area contributed by atoms with Crippen LogP contribution in [0.3, 0.4) is 0 Å². The summed E-state index contributed by atoms with van der Waals surface area (Å²) in [6, 6.07) is 0. The van der Waals surface area contributed by atoms with Gasteiger partial charge in [-0.05, 0) is 39.5 Å². The highest BCUT2D eigenvalue weighted by atomic mass is 32.2. The van der Waals surface area contributed by atoms with Gasteiger partial charge in [0, 0.05) is 12.1 Å². The molecule has 0 saturated heterocycles. The molecule has 0 aromatic carbocycles. The molecule has 0 aliphatic heterocycles. The summed E-state index contributed by atoms with van der Waals surface area (Å²) in [5, 5.41) is 3.06. The van der Waals surface area contributed by atoms with E-state index in [0.717, 1.165) is 6.42 Å². The lowest BCUT2D eigenvalue weighted by Crippen LogP contribution is -2.44. The van der Waals surface area contributed by atoms with E-state index < -0.39 is 9.84 Å². The van der Waals surface area contributed by atoms with Gasteiger partial charge < -0.3 is 5.32 Å². The van der Waals surface area contributed by atoms with Gasteiger partial charge in [-0.3, -0.25) is 0 Å². The van der Waals surface area contributed by atoms with Gasteiger partial charge in [-0.2, -0.15) is 0 Å². The third-order valence-corrected chi connectivity index (χ3v) is 4.89. The molecule has 0 bridgehead atoms. The van der Waals surface area contributed by atoms with E-state index in [1.165, 1.54) is 0 Å². The fraction of sp³-hybridized carbons (Fsp3) is 1.00. The summed E-state index contributed by atoms with van der Waals surface area (Å²) in [6.07, 6.45) is 1.02. The Labute approximate surface area is 107 Å². The Morgan fingerprint density at radius 2 is 1.53 bits per heavy atom. The van der Waals surface area contributed by atoms with Crippen molar-refractivity contribution in [2.45, 2.75) is 65.7 Å². The molecule has 0 amide bonds. The third-order valence-electron chi connectivity index (χ3n) is 2.68. The Kier molecular flexibility index (Phi) is 5.67. The van der Waals surface area contributed by atoms with Gasteiger partial charge in [-0.1, -0.05) is 20.8 Å². The lowest BCUT2D eigenvalue weighted by molar-refractivity contribution is 0.246. The first-order chi connectivity index (χ1) is 7.36. The van der Waals surface area contributed by atoms with Gasteiger partial charge in [-0.25, -0.2) is 8.42 Å². The molecule has 0 aromatic heterocycles. The average molecular weight is 263 g/mol. The molecule has 17 heavy (non-hydrogen) atoms. The second-order valence-corrected chi connectivity index (χ2v) is 9.64. The Balaban J connectivity index is 4.22. The Hall–Kier alpha value is -0.0900. The van der Waals surface area contributed by atoms with E-state index in [-0.39, 0.29) is 22.0 Å². The maximum atomic E-state index is 11.7. The molecule has 0 saturated carbocycles. The van der Waals surface area contributed by atoms with Crippen LogP contribution in [0.15, 0.2) is 0 Å². The van der Waals surface area contributed by atoms with Gasteiger partial charge in [0.1, 0.15) is 0 Å². The Morgan fingerprint density at radius 1 is 1.06 bits per heavy atom. The van der Waals surface area contributed by atoms with Gasteiger partial charge in [0.05, 0.1) is 11.0 Å². The van der Waals surface area contributed by atoms with E-state index in [4.69, 9.17) is 0 Å². The first-order valence-corrected chi connectivity index (χ1v) is 8.04. The van der Waals surface area contributed by atoms with Crippen molar-refractivity contribution in [3.05, 3.63) is 0 Å². The van der Waals surface area contributed by atoms with Gasteiger partial charge >= 0.3 is 0 Å². The van der Waals surface area contributed by atoms with Gasteiger partial charge in [0.2, 0.25) is 0 Å². The molecule has 104 valence electrons. The molecule has 0 heterocycles. The summed E-state index contributed by atoms with van der Waals surface area (Å²) in [5.41, 5.74) is 0.220. The molecule has 0 atom stereocenters. The van der Waals surface area contributed by atoms with Crippen LogP contribution in [-0.4, -0.2) is 31.5 Å². The van der Waals surface area contributed by atoms with E-state index in [0.29, 0.717) is 6.54 Å². The molecule has 0 unspecified atom stereocenters. The first kappa shape index (κ1) is 16.9. The topological polar surface area (TPSA) is 46.2 Å². The van der Waals surface area contributed by atoms with Crippen molar-refractivity contribution < 1.29 is 8.42 Å². The predicted octanol–water partition coefficient (Wildman–Crippen LogP) is 2.61. The molecule has 0 fully saturated rings. The monoisotopic (exact) mass is 263 g/mol. The fourth-order valence-electron chi connectivity index (χ4n) is 2.16. The maximum Gasteiger partial charge on any atom is 0.153 e.